The summed E-state index contributed by atoms with van der Waals surface area (Å²) in [6.07, 6.45) is 5.06. The fourth-order valence-electron chi connectivity index (χ4n) is 1.80. The predicted molar refractivity (Wildman–Crippen MR) is 76.0 cm³/mol. The summed E-state index contributed by atoms with van der Waals surface area (Å²) in [6, 6.07) is 0. The van der Waals surface area contributed by atoms with Crippen LogP contribution in [0.15, 0.2) is 18.7 Å². The molecule has 0 aliphatic carbocycles. The van der Waals surface area contributed by atoms with E-state index >= 15 is 0 Å². The molecule has 5 nitrogen and oxygen atoms in total. The summed E-state index contributed by atoms with van der Waals surface area (Å²) >= 11 is 0. The number of nitrogens with one attached hydrogen (secondary N) is 1. The third-order valence-corrected chi connectivity index (χ3v) is 2.89. The Kier molecular flexibility index (Phi) is 3.46. The third-order valence-electron chi connectivity index (χ3n) is 2.89. The zero-order valence-corrected chi connectivity index (χ0v) is 12.0. The first kappa shape index (κ1) is 13.4. The lowest BCUT2D eigenvalue weighted by molar-refractivity contribution is 0.546. The molecule has 2 aromatic rings. The lowest BCUT2D eigenvalue weighted by atomic mass is 9.95. The number of nitrogens with zero attached hydrogens (tertiary/aromatic N) is 4. The van der Waals surface area contributed by atoms with Crippen molar-refractivity contribution in [2.75, 3.05) is 12.4 Å². The Morgan fingerprint density at radius 1 is 1.05 bits per heavy atom. The van der Waals surface area contributed by atoms with Crippen molar-refractivity contribution >= 4 is 5.82 Å². The molecule has 19 heavy (non-hydrogen) atoms. The van der Waals surface area contributed by atoms with Gasteiger partial charge in [0.25, 0.3) is 0 Å². The molecule has 0 spiro atoms. The minimum atomic E-state index is -0.107. The summed E-state index contributed by atoms with van der Waals surface area (Å²) in [5.41, 5.74) is 2.68. The Morgan fingerprint density at radius 3 is 2.21 bits per heavy atom. The van der Waals surface area contributed by atoms with Crippen molar-refractivity contribution < 1.29 is 0 Å². The van der Waals surface area contributed by atoms with Gasteiger partial charge in [0, 0.05) is 36.0 Å². The van der Waals surface area contributed by atoms with Crippen LogP contribution >= 0.6 is 0 Å². The number of rotatable bonds is 2. The highest BCUT2D eigenvalue weighted by Crippen LogP contribution is 2.28. The number of aromatic nitrogens is 4. The summed E-state index contributed by atoms with van der Waals surface area (Å²) in [5, 5.41) is 3.13. The van der Waals surface area contributed by atoms with Gasteiger partial charge in [-0.25, -0.2) is 19.9 Å². The van der Waals surface area contributed by atoms with Gasteiger partial charge < -0.3 is 5.32 Å². The van der Waals surface area contributed by atoms with Crippen LogP contribution in [0.25, 0.3) is 11.3 Å². The second-order valence-electron chi connectivity index (χ2n) is 5.50. The van der Waals surface area contributed by atoms with Crippen LogP contribution in [0, 0.1) is 6.92 Å². The van der Waals surface area contributed by atoms with E-state index < -0.39 is 0 Å². The van der Waals surface area contributed by atoms with Crippen molar-refractivity contribution in [1.82, 2.24) is 19.9 Å². The molecule has 0 aliphatic rings. The summed E-state index contributed by atoms with van der Waals surface area (Å²) < 4.78 is 0. The minimum Gasteiger partial charge on any atom is -0.373 e. The summed E-state index contributed by atoms with van der Waals surface area (Å²) in [6.45, 7) is 8.30. The average Bonchev–Trinajstić information content (AvgIpc) is 2.38. The van der Waals surface area contributed by atoms with Gasteiger partial charge in [-0.3, -0.25) is 0 Å². The van der Waals surface area contributed by atoms with Gasteiger partial charge in [0.2, 0.25) is 0 Å². The van der Waals surface area contributed by atoms with Gasteiger partial charge in [0.1, 0.15) is 18.0 Å². The van der Waals surface area contributed by atoms with Crippen LogP contribution in [0.4, 0.5) is 5.82 Å². The molecule has 0 unspecified atom stereocenters. The van der Waals surface area contributed by atoms with Crippen LogP contribution in [0.2, 0.25) is 0 Å². The molecule has 0 radical (unpaired) electrons. The molecule has 1 N–H and O–H groups in total. The van der Waals surface area contributed by atoms with Crippen LogP contribution in [0.5, 0.6) is 0 Å². The van der Waals surface area contributed by atoms with Crippen LogP contribution < -0.4 is 5.32 Å². The molecule has 0 fully saturated rings. The van der Waals surface area contributed by atoms with Crippen molar-refractivity contribution in [3.05, 3.63) is 30.1 Å². The van der Waals surface area contributed by atoms with Gasteiger partial charge in [0.05, 0.1) is 5.69 Å². The van der Waals surface area contributed by atoms with Crippen molar-refractivity contribution in [3.8, 4) is 11.3 Å². The highest BCUT2D eigenvalue weighted by Gasteiger charge is 2.21. The largest absolute Gasteiger partial charge is 0.373 e. The molecule has 100 valence electrons. The highest BCUT2D eigenvalue weighted by atomic mass is 15.0. The third kappa shape index (κ3) is 2.70. The Morgan fingerprint density at radius 2 is 1.68 bits per heavy atom. The fourth-order valence-corrected chi connectivity index (χ4v) is 1.80. The maximum Gasteiger partial charge on any atom is 0.136 e. The fraction of sp³-hybridized carbons (Fsp3) is 0.429. The Bertz CT molecular complexity index is 572. The van der Waals surface area contributed by atoms with E-state index in [4.69, 9.17) is 4.98 Å². The van der Waals surface area contributed by atoms with Gasteiger partial charge in [-0.2, -0.15) is 0 Å². The lowest BCUT2D eigenvalue weighted by Gasteiger charge is -2.20. The van der Waals surface area contributed by atoms with Crippen molar-refractivity contribution in [2.45, 2.75) is 33.1 Å². The molecule has 2 heterocycles. The molecule has 2 aromatic heterocycles. The second-order valence-corrected chi connectivity index (χ2v) is 5.50. The molecular weight excluding hydrogens is 238 g/mol. The topological polar surface area (TPSA) is 63.6 Å². The minimum absolute atomic E-state index is 0.107. The number of hydrogen-bond acceptors (Lipinski definition) is 5. The Balaban J connectivity index is 2.66. The van der Waals surface area contributed by atoms with Crippen molar-refractivity contribution in [2.24, 2.45) is 0 Å². The number of anilines is 1. The van der Waals surface area contributed by atoms with Crippen molar-refractivity contribution in [1.29, 1.82) is 0 Å². The average molecular weight is 257 g/mol. The van der Waals surface area contributed by atoms with Gasteiger partial charge in [-0.15, -0.1) is 0 Å². The van der Waals surface area contributed by atoms with E-state index in [1.165, 1.54) is 6.33 Å². The first-order valence-corrected chi connectivity index (χ1v) is 6.25. The maximum atomic E-state index is 4.69. The molecule has 5 heteroatoms. The molecule has 0 amide bonds. The van der Waals surface area contributed by atoms with Gasteiger partial charge in [-0.1, -0.05) is 20.8 Å². The molecule has 0 bridgehead atoms. The van der Waals surface area contributed by atoms with Crippen molar-refractivity contribution in [3.63, 3.8) is 0 Å². The first-order chi connectivity index (χ1) is 8.93. The van der Waals surface area contributed by atoms with E-state index in [1.54, 1.807) is 12.4 Å². The van der Waals surface area contributed by atoms with E-state index in [9.17, 15) is 0 Å². The van der Waals surface area contributed by atoms with Crippen LogP contribution in [0.3, 0.4) is 0 Å². The van der Waals surface area contributed by atoms with Crippen LogP contribution in [-0.2, 0) is 5.41 Å². The molecule has 0 aliphatic heterocycles. The highest BCUT2D eigenvalue weighted by molar-refractivity contribution is 5.66. The number of hydrogen-bond donors (Lipinski definition) is 1. The molecule has 0 aromatic carbocycles. The van der Waals surface area contributed by atoms with Crippen LogP contribution in [0.1, 0.15) is 32.2 Å². The SMILES string of the molecule is CNc1nc(C(C)(C)C)nc(-c2cncnc2)c1C. The smallest absolute Gasteiger partial charge is 0.136 e. The molecular formula is C14H19N5. The Hall–Kier alpha value is -2.04. The molecule has 0 saturated heterocycles. The van der Waals surface area contributed by atoms with Crippen LogP contribution in [-0.4, -0.2) is 27.0 Å². The van der Waals surface area contributed by atoms with E-state index in [0.717, 1.165) is 28.5 Å². The van der Waals surface area contributed by atoms with Gasteiger partial charge >= 0.3 is 0 Å². The normalized spacial score (nSPS) is 11.4. The van der Waals surface area contributed by atoms with Gasteiger partial charge in [-0.05, 0) is 6.92 Å². The van der Waals surface area contributed by atoms with E-state index in [1.807, 2.05) is 14.0 Å². The van der Waals surface area contributed by atoms with Gasteiger partial charge in [0.15, 0.2) is 0 Å². The zero-order chi connectivity index (χ0) is 14.0. The summed E-state index contributed by atoms with van der Waals surface area (Å²) in [4.78, 5) is 17.4. The Labute approximate surface area is 113 Å². The maximum absolute atomic E-state index is 4.69. The van der Waals surface area contributed by atoms with E-state index in [-0.39, 0.29) is 5.41 Å². The standard InChI is InChI=1S/C14H19N5/c1-9-11(10-6-16-8-17-7-10)18-13(14(2,3)4)19-12(9)15-5/h6-8H,1-5H3,(H,15,18,19). The quantitative estimate of drug-likeness (QED) is 0.895. The first-order valence-electron chi connectivity index (χ1n) is 6.25. The van der Waals surface area contributed by atoms with E-state index in [2.05, 4.69) is 41.0 Å². The summed E-state index contributed by atoms with van der Waals surface area (Å²) in [7, 11) is 1.87. The summed E-state index contributed by atoms with van der Waals surface area (Å²) in [5.74, 6) is 1.65. The zero-order valence-electron chi connectivity index (χ0n) is 12.0. The molecule has 2 rings (SSSR count). The monoisotopic (exact) mass is 257 g/mol. The second kappa shape index (κ2) is 4.91. The van der Waals surface area contributed by atoms with E-state index in [0.29, 0.717) is 0 Å². The predicted octanol–water partition coefficient (Wildman–Crippen LogP) is 2.58. The molecule has 0 atom stereocenters. The molecule has 0 saturated carbocycles. The lowest BCUT2D eigenvalue weighted by Crippen LogP contribution is -2.18.